The van der Waals surface area contributed by atoms with E-state index in [0.717, 1.165) is 42.5 Å². The van der Waals surface area contributed by atoms with E-state index in [-0.39, 0.29) is 11.3 Å². The summed E-state index contributed by atoms with van der Waals surface area (Å²) in [6.07, 6.45) is 9.23. The number of H-pyrrole nitrogens is 2. The average Bonchev–Trinajstić information content (AvgIpc) is 3.60. The summed E-state index contributed by atoms with van der Waals surface area (Å²) in [6.45, 7) is 6.20. The van der Waals surface area contributed by atoms with Gasteiger partial charge < -0.3 is 0 Å². The van der Waals surface area contributed by atoms with E-state index in [4.69, 9.17) is 9.97 Å². The number of fused-ring (bicyclic) bond motifs is 9. The van der Waals surface area contributed by atoms with E-state index in [1.807, 2.05) is 24.3 Å². The second-order valence-corrected chi connectivity index (χ2v) is 11.4. The summed E-state index contributed by atoms with van der Waals surface area (Å²) in [5, 5.41) is 8.91. The molecule has 0 aliphatic carbocycles. The number of nitrogens with zero attached hydrogens (tertiary/aromatic N) is 6. The van der Waals surface area contributed by atoms with Gasteiger partial charge in [0.1, 0.15) is 21.6 Å². The van der Waals surface area contributed by atoms with Crippen LogP contribution in [0.5, 0.6) is 0 Å². The lowest BCUT2D eigenvalue weighted by Gasteiger charge is -2.18. The third kappa shape index (κ3) is 3.60. The molecule has 0 saturated heterocycles. The molecule has 0 amide bonds. The molecule has 7 rings (SSSR count). The molecule has 9 nitrogen and oxygen atoms in total. The fraction of sp³-hybridized carbons (Fsp3) is 0.185. The number of thiophene rings is 1. The lowest BCUT2D eigenvalue weighted by Crippen LogP contribution is -2.19. The zero-order chi connectivity index (χ0) is 25.3. The Morgan fingerprint density at radius 3 is 2.68 bits per heavy atom. The van der Waals surface area contributed by atoms with Gasteiger partial charge in [-0.25, -0.2) is 15.0 Å². The zero-order valence-electron chi connectivity index (χ0n) is 20.4. The Hall–Kier alpha value is -4.44. The summed E-state index contributed by atoms with van der Waals surface area (Å²) in [5.74, 6) is 0.00647. The Morgan fingerprint density at radius 2 is 1.81 bits per heavy atom. The van der Waals surface area contributed by atoms with Crippen LogP contribution in [0.15, 0.2) is 55.2 Å². The van der Waals surface area contributed by atoms with E-state index in [0.29, 0.717) is 28.7 Å². The Kier molecular flexibility index (Phi) is 4.58. The van der Waals surface area contributed by atoms with E-state index in [1.54, 1.807) is 35.6 Å². The summed E-state index contributed by atoms with van der Waals surface area (Å²) < 4.78 is 2.73. The number of carbonyl (C=O) groups excluding carboxylic acids is 1. The molecule has 10 heteroatoms. The summed E-state index contributed by atoms with van der Waals surface area (Å²) in [6, 6.07) is 8.01. The van der Waals surface area contributed by atoms with Crippen molar-refractivity contribution < 1.29 is 4.79 Å². The van der Waals surface area contributed by atoms with E-state index < -0.39 is 0 Å². The average molecular weight is 507 g/mol. The number of pyridine rings is 3. The van der Waals surface area contributed by atoms with Crippen molar-refractivity contribution in [2.45, 2.75) is 27.2 Å². The summed E-state index contributed by atoms with van der Waals surface area (Å²) in [7, 11) is 0. The van der Waals surface area contributed by atoms with Crippen LogP contribution in [0.1, 0.15) is 32.0 Å². The maximum Gasteiger partial charge on any atom is 0.232 e. The van der Waals surface area contributed by atoms with Gasteiger partial charge in [-0.1, -0.05) is 20.8 Å². The van der Waals surface area contributed by atoms with Crippen molar-refractivity contribution in [1.29, 1.82) is 0 Å². The van der Waals surface area contributed by atoms with E-state index >= 15 is 0 Å². The molecule has 5 aromatic heterocycles. The van der Waals surface area contributed by atoms with Gasteiger partial charge in [0.15, 0.2) is 11.3 Å². The van der Waals surface area contributed by atoms with E-state index in [1.165, 1.54) is 11.3 Å². The van der Waals surface area contributed by atoms with Gasteiger partial charge in [0.2, 0.25) is 5.91 Å². The van der Waals surface area contributed by atoms with Crippen molar-refractivity contribution in [1.82, 2.24) is 39.7 Å². The Morgan fingerprint density at radius 1 is 0.973 bits per heavy atom. The highest BCUT2D eigenvalue weighted by Crippen LogP contribution is 2.32. The number of nitrogens with one attached hydrogen (secondary N) is 2. The van der Waals surface area contributed by atoms with Crippen molar-refractivity contribution in [3.8, 4) is 11.3 Å². The molecule has 5 aromatic rings. The first kappa shape index (κ1) is 21.8. The molecule has 37 heavy (non-hydrogen) atoms. The van der Waals surface area contributed by atoms with Gasteiger partial charge >= 0.3 is 0 Å². The van der Waals surface area contributed by atoms with Gasteiger partial charge in [-0.15, -0.1) is 11.3 Å². The van der Waals surface area contributed by atoms with Gasteiger partial charge in [-0.2, -0.15) is 0 Å². The van der Waals surface area contributed by atoms with Crippen LogP contribution < -0.4 is 0 Å². The molecule has 2 N–H and O–H groups in total. The summed E-state index contributed by atoms with van der Waals surface area (Å²) >= 11 is 1.52. The minimum atomic E-state index is -0.174. The molecule has 0 saturated carbocycles. The fourth-order valence-electron chi connectivity index (χ4n) is 4.68. The highest BCUT2D eigenvalue weighted by Gasteiger charge is 2.20. The number of hydrogen-bond acceptors (Lipinski definition) is 7. The normalized spacial score (nSPS) is 12.4. The molecule has 0 atom stereocenters. The van der Waals surface area contributed by atoms with Gasteiger partial charge in [-0.05, 0) is 29.7 Å². The predicted octanol–water partition coefficient (Wildman–Crippen LogP) is 6.25. The second kappa shape index (κ2) is 7.78. The molecule has 0 fully saturated rings. The molecule has 7 heterocycles. The second-order valence-electron chi connectivity index (χ2n) is 10.4. The quantitative estimate of drug-likeness (QED) is 0.272. The smallest absolute Gasteiger partial charge is 0.232 e. The number of rotatable bonds is 1. The van der Waals surface area contributed by atoms with Crippen LogP contribution >= 0.6 is 11.3 Å². The first-order valence-corrected chi connectivity index (χ1v) is 12.7. The summed E-state index contributed by atoms with van der Waals surface area (Å²) in [5.41, 5.74) is 4.87. The molecule has 0 spiro atoms. The van der Waals surface area contributed by atoms with E-state index in [2.05, 4.69) is 45.9 Å². The van der Waals surface area contributed by atoms with Crippen LogP contribution in [0, 0.1) is 5.41 Å². The van der Waals surface area contributed by atoms with Crippen molar-refractivity contribution in [3.05, 3.63) is 55.2 Å². The number of hydrogen-bond donors (Lipinski definition) is 2. The number of imidazole rings is 1. The van der Waals surface area contributed by atoms with Crippen molar-refractivity contribution in [3.63, 3.8) is 0 Å². The Labute approximate surface area is 214 Å². The Bertz CT molecular complexity index is 2040. The van der Waals surface area contributed by atoms with Crippen LogP contribution in [0.2, 0.25) is 0 Å². The maximum atomic E-state index is 13.7. The molecular formula is C27H22N8OS. The largest absolute Gasteiger partial charge is 0.295 e. The van der Waals surface area contributed by atoms with Crippen molar-refractivity contribution in [2.75, 3.05) is 0 Å². The molecule has 182 valence electrons. The predicted molar refractivity (Wildman–Crippen MR) is 146 cm³/mol. The van der Waals surface area contributed by atoms with Crippen LogP contribution in [-0.4, -0.2) is 45.6 Å². The van der Waals surface area contributed by atoms with Crippen LogP contribution in [-0.2, 0) is 0 Å². The fourth-order valence-corrected chi connectivity index (χ4v) is 5.74. The standard InChI is InChI=1S/C27H22N8OS/c1-27(2,3)8-21(36)35-16-6-14(9-28-11-16)15-7-17-24(33-34-25(17)30-10-15)26-31-19-13-29-12-18(23(19)32-26)20-4-5-22(35)37-20/h4-7,9-13,33H,8H2,1-3H3,(H,30,34). The highest BCUT2D eigenvalue weighted by molar-refractivity contribution is 7.24. The van der Waals surface area contributed by atoms with Gasteiger partial charge in [0, 0.05) is 51.4 Å². The third-order valence-corrected chi connectivity index (χ3v) is 7.46. The minimum Gasteiger partial charge on any atom is -0.295 e. The SMILES string of the molecule is CC(C)(C)CC(=O)n1c2cncc(c2)c2cnc3[nH][nH]c(c4nc5cncc(c6ccc1s6)c5n4)-c3c2. The first-order chi connectivity index (χ1) is 17.8. The van der Waals surface area contributed by atoms with Gasteiger partial charge in [0.25, 0.3) is 0 Å². The molecule has 2 aliphatic rings. The van der Waals surface area contributed by atoms with Crippen LogP contribution in [0.3, 0.4) is 0 Å². The van der Waals surface area contributed by atoms with E-state index in [9.17, 15) is 4.79 Å². The van der Waals surface area contributed by atoms with Crippen molar-refractivity contribution >= 4 is 70.8 Å². The summed E-state index contributed by atoms with van der Waals surface area (Å²) in [4.78, 5) is 37.8. The molecule has 0 radical (unpaired) electrons. The maximum absolute atomic E-state index is 13.7. The van der Waals surface area contributed by atoms with Crippen molar-refractivity contribution in [2.24, 2.45) is 5.41 Å². The van der Waals surface area contributed by atoms with Crippen LogP contribution in [0.4, 0.5) is 0 Å². The monoisotopic (exact) mass is 506 g/mol. The molecule has 8 bridgehead atoms. The first-order valence-electron chi connectivity index (χ1n) is 11.9. The van der Waals surface area contributed by atoms with Gasteiger partial charge in [0.05, 0.1) is 17.9 Å². The minimum absolute atomic E-state index is 0.00647. The molecule has 2 aliphatic heterocycles. The number of aromatic nitrogens is 8. The molecular weight excluding hydrogens is 484 g/mol. The lowest BCUT2D eigenvalue weighted by molar-refractivity contribution is 0.0867. The zero-order valence-corrected chi connectivity index (χ0v) is 21.2. The lowest BCUT2D eigenvalue weighted by atomic mass is 9.92. The number of aromatic amines is 2. The van der Waals surface area contributed by atoms with Crippen LogP contribution in [0.25, 0.3) is 64.8 Å². The molecule has 0 aromatic carbocycles. The third-order valence-electron chi connectivity index (χ3n) is 6.35. The number of carbonyl (C=O) groups is 1. The highest BCUT2D eigenvalue weighted by atomic mass is 32.1. The molecule has 0 unspecified atom stereocenters. The topological polar surface area (TPSA) is 118 Å². The Balaban J connectivity index is 1.69. The van der Waals surface area contributed by atoms with Gasteiger partial charge in [-0.3, -0.25) is 29.5 Å².